The Morgan fingerprint density at radius 2 is 2.06 bits per heavy atom. The Balaban J connectivity index is 2.34. The molecular weight excluding hydrogens is 224 g/mol. The van der Waals surface area contributed by atoms with Gasteiger partial charge >= 0.3 is 0 Å². The molecule has 1 rings (SSSR count). The Bertz CT molecular complexity index is 223. The normalized spacial score (nSPS) is 24.2. The Morgan fingerprint density at radius 3 is 2.67 bits per heavy atom. The molecular formula is C15H32N2O. The van der Waals surface area contributed by atoms with Gasteiger partial charge in [0.1, 0.15) is 0 Å². The second kappa shape index (κ2) is 7.46. The maximum absolute atomic E-state index is 10.1. The topological polar surface area (TPSA) is 35.5 Å². The van der Waals surface area contributed by atoms with Crippen molar-refractivity contribution in [3.05, 3.63) is 0 Å². The zero-order valence-electron chi connectivity index (χ0n) is 12.7. The third kappa shape index (κ3) is 6.17. The molecule has 1 aliphatic heterocycles. The summed E-state index contributed by atoms with van der Waals surface area (Å²) in [5, 5.41) is 13.5. The fourth-order valence-corrected chi connectivity index (χ4v) is 2.72. The molecule has 0 bridgehead atoms. The molecule has 0 aliphatic carbocycles. The van der Waals surface area contributed by atoms with Crippen LogP contribution in [0, 0.1) is 0 Å². The number of aliphatic hydroxyl groups excluding tert-OH is 1. The maximum atomic E-state index is 10.1. The van der Waals surface area contributed by atoms with Crippen LogP contribution in [-0.2, 0) is 0 Å². The summed E-state index contributed by atoms with van der Waals surface area (Å²) >= 11 is 0. The van der Waals surface area contributed by atoms with Crippen molar-refractivity contribution in [2.75, 3.05) is 19.6 Å². The van der Waals surface area contributed by atoms with Gasteiger partial charge < -0.3 is 10.4 Å². The van der Waals surface area contributed by atoms with E-state index >= 15 is 0 Å². The van der Waals surface area contributed by atoms with Crippen LogP contribution in [0.5, 0.6) is 0 Å². The van der Waals surface area contributed by atoms with E-state index in [0.29, 0.717) is 12.6 Å². The minimum absolute atomic E-state index is 0.0890. The standard InChI is InChI=1S/C15H32N2O/c1-5-8-13-9-6-7-10-17(13)12-14(18)11-16-15(2,3)4/h13-14,16,18H,5-12H2,1-4H3. The molecule has 1 fully saturated rings. The number of likely N-dealkylation sites (tertiary alicyclic amines) is 1. The summed E-state index contributed by atoms with van der Waals surface area (Å²) < 4.78 is 0. The number of nitrogens with one attached hydrogen (secondary N) is 1. The van der Waals surface area contributed by atoms with E-state index in [1.54, 1.807) is 0 Å². The third-order valence-corrected chi connectivity index (χ3v) is 3.68. The Kier molecular flexibility index (Phi) is 6.61. The second-order valence-electron chi connectivity index (χ2n) is 6.72. The first-order valence-corrected chi connectivity index (χ1v) is 7.59. The summed E-state index contributed by atoms with van der Waals surface area (Å²) in [5.74, 6) is 0. The average Bonchev–Trinajstić information content (AvgIpc) is 2.29. The Morgan fingerprint density at radius 1 is 1.33 bits per heavy atom. The predicted octanol–water partition coefficient (Wildman–Crippen LogP) is 2.39. The van der Waals surface area contributed by atoms with Crippen molar-refractivity contribution >= 4 is 0 Å². The minimum Gasteiger partial charge on any atom is -0.390 e. The number of nitrogens with zero attached hydrogens (tertiary/aromatic N) is 1. The van der Waals surface area contributed by atoms with Crippen LogP contribution in [0.15, 0.2) is 0 Å². The van der Waals surface area contributed by atoms with Crippen LogP contribution in [0.1, 0.15) is 59.8 Å². The predicted molar refractivity (Wildman–Crippen MR) is 77.9 cm³/mol. The summed E-state index contributed by atoms with van der Waals surface area (Å²) in [6.45, 7) is 11.4. The highest BCUT2D eigenvalue weighted by Crippen LogP contribution is 2.20. The number of aliphatic hydroxyl groups is 1. The minimum atomic E-state index is -0.248. The zero-order chi connectivity index (χ0) is 13.6. The highest BCUT2D eigenvalue weighted by molar-refractivity contribution is 4.80. The average molecular weight is 256 g/mol. The van der Waals surface area contributed by atoms with Gasteiger partial charge in [0, 0.05) is 24.7 Å². The van der Waals surface area contributed by atoms with Gasteiger partial charge in [-0.25, -0.2) is 0 Å². The lowest BCUT2D eigenvalue weighted by Gasteiger charge is -2.37. The number of β-amino-alcohol motifs (C(OH)–C–C–N with tert-alkyl or cyclic N) is 1. The smallest absolute Gasteiger partial charge is 0.0791 e. The van der Waals surface area contributed by atoms with Crippen LogP contribution in [0.25, 0.3) is 0 Å². The van der Waals surface area contributed by atoms with Crippen molar-refractivity contribution < 1.29 is 5.11 Å². The van der Waals surface area contributed by atoms with Gasteiger partial charge in [0.15, 0.2) is 0 Å². The van der Waals surface area contributed by atoms with E-state index in [-0.39, 0.29) is 11.6 Å². The van der Waals surface area contributed by atoms with Gasteiger partial charge in [-0.1, -0.05) is 19.8 Å². The van der Waals surface area contributed by atoms with Crippen LogP contribution in [0.4, 0.5) is 0 Å². The van der Waals surface area contributed by atoms with Gasteiger partial charge in [-0.15, -0.1) is 0 Å². The molecule has 1 saturated heterocycles. The fraction of sp³-hybridized carbons (Fsp3) is 1.00. The van der Waals surface area contributed by atoms with Crippen molar-refractivity contribution in [2.45, 2.75) is 77.5 Å². The molecule has 2 atom stereocenters. The van der Waals surface area contributed by atoms with Gasteiger partial charge in [-0.2, -0.15) is 0 Å². The van der Waals surface area contributed by atoms with Crippen molar-refractivity contribution in [3.8, 4) is 0 Å². The summed E-state index contributed by atoms with van der Waals surface area (Å²) in [6.07, 6.45) is 6.24. The monoisotopic (exact) mass is 256 g/mol. The summed E-state index contributed by atoms with van der Waals surface area (Å²) in [5.41, 5.74) is 0.0890. The van der Waals surface area contributed by atoms with Crippen LogP contribution in [0.2, 0.25) is 0 Å². The summed E-state index contributed by atoms with van der Waals surface area (Å²) in [4.78, 5) is 2.50. The van der Waals surface area contributed by atoms with E-state index in [0.717, 1.165) is 13.1 Å². The number of rotatable bonds is 6. The number of piperidine rings is 1. The van der Waals surface area contributed by atoms with Gasteiger partial charge in [0.25, 0.3) is 0 Å². The van der Waals surface area contributed by atoms with Crippen molar-refractivity contribution in [1.82, 2.24) is 10.2 Å². The first kappa shape index (κ1) is 15.9. The molecule has 0 radical (unpaired) electrons. The van der Waals surface area contributed by atoms with E-state index in [2.05, 4.69) is 37.9 Å². The largest absolute Gasteiger partial charge is 0.390 e. The van der Waals surface area contributed by atoms with Gasteiger partial charge in [-0.3, -0.25) is 4.90 Å². The van der Waals surface area contributed by atoms with Crippen molar-refractivity contribution in [1.29, 1.82) is 0 Å². The Hall–Kier alpha value is -0.120. The highest BCUT2D eigenvalue weighted by atomic mass is 16.3. The summed E-state index contributed by atoms with van der Waals surface area (Å²) in [7, 11) is 0. The van der Waals surface area contributed by atoms with Gasteiger partial charge in [-0.05, 0) is 46.6 Å². The summed E-state index contributed by atoms with van der Waals surface area (Å²) in [6, 6.07) is 0.702. The Labute approximate surface area is 113 Å². The molecule has 2 N–H and O–H groups in total. The molecule has 1 heterocycles. The molecule has 3 nitrogen and oxygen atoms in total. The van der Waals surface area contributed by atoms with Crippen molar-refractivity contribution in [2.24, 2.45) is 0 Å². The van der Waals surface area contributed by atoms with Gasteiger partial charge in [0.05, 0.1) is 6.10 Å². The van der Waals surface area contributed by atoms with E-state index < -0.39 is 0 Å². The lowest BCUT2D eigenvalue weighted by Crippen LogP contribution is -2.48. The molecule has 3 heteroatoms. The fourth-order valence-electron chi connectivity index (χ4n) is 2.72. The molecule has 0 spiro atoms. The van der Waals surface area contributed by atoms with Crippen LogP contribution in [0.3, 0.4) is 0 Å². The SMILES string of the molecule is CCCC1CCCCN1CC(O)CNC(C)(C)C. The third-order valence-electron chi connectivity index (χ3n) is 3.68. The zero-order valence-corrected chi connectivity index (χ0v) is 12.7. The lowest BCUT2D eigenvalue weighted by molar-refractivity contribution is 0.0606. The second-order valence-corrected chi connectivity index (χ2v) is 6.72. The van der Waals surface area contributed by atoms with Crippen LogP contribution in [-0.4, -0.2) is 47.3 Å². The highest BCUT2D eigenvalue weighted by Gasteiger charge is 2.23. The molecule has 0 amide bonds. The maximum Gasteiger partial charge on any atom is 0.0791 e. The molecule has 1 aliphatic rings. The number of hydrogen-bond donors (Lipinski definition) is 2. The molecule has 0 aromatic carbocycles. The number of hydrogen-bond acceptors (Lipinski definition) is 3. The van der Waals surface area contributed by atoms with E-state index in [1.807, 2.05) is 0 Å². The van der Waals surface area contributed by atoms with E-state index in [1.165, 1.54) is 32.1 Å². The van der Waals surface area contributed by atoms with E-state index in [4.69, 9.17) is 0 Å². The molecule has 0 aromatic rings. The van der Waals surface area contributed by atoms with Crippen LogP contribution >= 0.6 is 0 Å². The first-order chi connectivity index (χ1) is 8.42. The molecule has 2 unspecified atom stereocenters. The van der Waals surface area contributed by atoms with Crippen molar-refractivity contribution in [3.63, 3.8) is 0 Å². The molecule has 0 saturated carbocycles. The molecule has 18 heavy (non-hydrogen) atoms. The van der Waals surface area contributed by atoms with Gasteiger partial charge in [0.2, 0.25) is 0 Å². The first-order valence-electron chi connectivity index (χ1n) is 7.59. The quantitative estimate of drug-likeness (QED) is 0.766. The lowest BCUT2D eigenvalue weighted by atomic mass is 9.98. The van der Waals surface area contributed by atoms with Crippen LogP contribution < -0.4 is 5.32 Å². The van der Waals surface area contributed by atoms with E-state index in [9.17, 15) is 5.11 Å². The molecule has 0 aromatic heterocycles. The molecule has 108 valence electrons.